The summed E-state index contributed by atoms with van der Waals surface area (Å²) in [6.45, 7) is 5.87. The summed E-state index contributed by atoms with van der Waals surface area (Å²) in [5.41, 5.74) is 0.751. The van der Waals surface area contributed by atoms with Crippen LogP contribution in [-0.2, 0) is 11.3 Å². The third kappa shape index (κ3) is 3.90. The molecule has 0 N–H and O–H groups in total. The van der Waals surface area contributed by atoms with Gasteiger partial charge in [0.05, 0.1) is 18.4 Å². The Labute approximate surface area is 136 Å². The molecule has 0 saturated carbocycles. The molecule has 126 valence electrons. The molecule has 2 fully saturated rings. The van der Waals surface area contributed by atoms with Crippen molar-refractivity contribution in [1.29, 1.82) is 0 Å². The Kier molecular flexibility index (Phi) is 4.95. The fraction of sp³-hybridized carbons (Fsp3) is 0.688. The minimum Gasteiger partial charge on any atom is -0.368 e. The van der Waals surface area contributed by atoms with Gasteiger partial charge in [-0.05, 0) is 19.9 Å². The Bertz CT molecular complexity index is 601. The van der Waals surface area contributed by atoms with Gasteiger partial charge in [-0.25, -0.2) is 4.68 Å². The number of hydrogen-bond acceptors (Lipinski definition) is 5. The normalized spacial score (nSPS) is 19.3. The van der Waals surface area contributed by atoms with E-state index in [1.165, 1.54) is 4.68 Å². The molecular weight excluding hydrogens is 294 g/mol. The van der Waals surface area contributed by atoms with Crippen LogP contribution in [0.1, 0.15) is 19.3 Å². The van der Waals surface area contributed by atoms with Crippen molar-refractivity contribution in [1.82, 2.24) is 19.6 Å². The zero-order valence-corrected chi connectivity index (χ0v) is 13.8. The largest absolute Gasteiger partial charge is 0.368 e. The maximum Gasteiger partial charge on any atom is 0.268 e. The highest BCUT2D eigenvalue weighted by atomic mass is 16.2. The van der Waals surface area contributed by atoms with Crippen LogP contribution >= 0.6 is 0 Å². The van der Waals surface area contributed by atoms with Gasteiger partial charge >= 0.3 is 0 Å². The number of hydrogen-bond donors (Lipinski definition) is 0. The van der Waals surface area contributed by atoms with E-state index in [2.05, 4.69) is 21.9 Å². The molecular formula is C16H25N5O2. The average Bonchev–Trinajstić information content (AvgIpc) is 3.08. The van der Waals surface area contributed by atoms with Gasteiger partial charge in [-0.3, -0.25) is 9.59 Å². The number of anilines is 1. The SMILES string of the molecule is CN1CCN(c2cnn(CCC(=O)N3CCCC3)c(=O)c2)CC1. The van der Waals surface area contributed by atoms with Gasteiger partial charge in [0.2, 0.25) is 5.91 Å². The lowest BCUT2D eigenvalue weighted by molar-refractivity contribution is -0.130. The van der Waals surface area contributed by atoms with Crippen LogP contribution < -0.4 is 10.5 Å². The highest BCUT2D eigenvalue weighted by Crippen LogP contribution is 2.12. The van der Waals surface area contributed by atoms with Crippen LogP contribution in [0.3, 0.4) is 0 Å². The second kappa shape index (κ2) is 7.12. The first-order chi connectivity index (χ1) is 11.1. The van der Waals surface area contributed by atoms with Crippen molar-refractivity contribution in [2.24, 2.45) is 0 Å². The van der Waals surface area contributed by atoms with E-state index in [1.54, 1.807) is 12.3 Å². The summed E-state index contributed by atoms with van der Waals surface area (Å²) in [5, 5.41) is 4.25. The standard InChI is InChI=1S/C16H25N5O2/c1-18-8-10-19(11-9-18)14-12-16(23)21(17-13-14)7-4-15(22)20-5-2-3-6-20/h12-13H,2-11H2,1H3. The number of aromatic nitrogens is 2. The number of piperazine rings is 1. The molecule has 1 aromatic rings. The van der Waals surface area contributed by atoms with E-state index in [-0.39, 0.29) is 11.5 Å². The average molecular weight is 319 g/mol. The quantitative estimate of drug-likeness (QED) is 0.782. The first-order valence-corrected chi connectivity index (χ1v) is 8.42. The molecule has 3 rings (SSSR count). The molecule has 1 aromatic heterocycles. The minimum atomic E-state index is -0.129. The zero-order chi connectivity index (χ0) is 16.2. The molecule has 7 nitrogen and oxygen atoms in total. The number of nitrogens with zero attached hydrogens (tertiary/aromatic N) is 5. The predicted molar refractivity (Wildman–Crippen MR) is 88.6 cm³/mol. The summed E-state index contributed by atoms with van der Waals surface area (Å²) in [5.74, 6) is 0.124. The van der Waals surface area contributed by atoms with Crippen molar-refractivity contribution in [2.75, 3.05) is 51.2 Å². The van der Waals surface area contributed by atoms with Crippen LogP contribution in [0.15, 0.2) is 17.1 Å². The van der Waals surface area contributed by atoms with Crippen molar-refractivity contribution in [3.8, 4) is 0 Å². The van der Waals surface area contributed by atoms with Gasteiger partial charge in [-0.2, -0.15) is 5.10 Å². The number of rotatable bonds is 4. The van der Waals surface area contributed by atoms with E-state index in [1.807, 2.05) is 4.90 Å². The third-order valence-electron chi connectivity index (χ3n) is 4.72. The van der Waals surface area contributed by atoms with E-state index in [4.69, 9.17) is 0 Å². The van der Waals surface area contributed by atoms with E-state index < -0.39 is 0 Å². The van der Waals surface area contributed by atoms with Crippen LogP contribution in [0.4, 0.5) is 5.69 Å². The van der Waals surface area contributed by atoms with Crippen LogP contribution in [0.2, 0.25) is 0 Å². The van der Waals surface area contributed by atoms with Gasteiger partial charge in [-0.1, -0.05) is 0 Å². The number of carbonyl (C=O) groups excluding carboxylic acids is 1. The maximum absolute atomic E-state index is 12.2. The molecule has 1 amide bonds. The first-order valence-electron chi connectivity index (χ1n) is 8.42. The number of aryl methyl sites for hydroxylation is 1. The lowest BCUT2D eigenvalue weighted by atomic mass is 10.3. The molecule has 2 saturated heterocycles. The Morgan fingerprint density at radius 2 is 1.83 bits per heavy atom. The fourth-order valence-electron chi connectivity index (χ4n) is 3.16. The molecule has 7 heteroatoms. The van der Waals surface area contributed by atoms with Crippen molar-refractivity contribution >= 4 is 11.6 Å². The third-order valence-corrected chi connectivity index (χ3v) is 4.72. The van der Waals surface area contributed by atoms with Crippen molar-refractivity contribution < 1.29 is 4.79 Å². The van der Waals surface area contributed by atoms with Gasteiger partial charge in [-0.15, -0.1) is 0 Å². The van der Waals surface area contributed by atoms with Gasteiger partial charge in [0.1, 0.15) is 0 Å². The Balaban J connectivity index is 1.58. The highest BCUT2D eigenvalue weighted by molar-refractivity contribution is 5.76. The Morgan fingerprint density at radius 1 is 1.13 bits per heavy atom. The molecule has 0 unspecified atom stereocenters. The summed E-state index contributed by atoms with van der Waals surface area (Å²) < 4.78 is 1.40. The van der Waals surface area contributed by atoms with Gasteiger partial charge < -0.3 is 14.7 Å². The maximum atomic E-state index is 12.2. The van der Waals surface area contributed by atoms with Crippen LogP contribution in [0.25, 0.3) is 0 Å². The topological polar surface area (TPSA) is 61.7 Å². The molecule has 23 heavy (non-hydrogen) atoms. The second-order valence-corrected chi connectivity index (χ2v) is 6.40. The summed E-state index contributed by atoms with van der Waals surface area (Å²) in [6.07, 6.45) is 4.27. The first kappa shape index (κ1) is 16.0. The number of likely N-dealkylation sites (tertiary alicyclic amines) is 1. The molecule has 0 bridgehead atoms. The number of likely N-dealkylation sites (N-methyl/N-ethyl adjacent to an activating group) is 1. The van der Waals surface area contributed by atoms with E-state index >= 15 is 0 Å². The minimum absolute atomic E-state index is 0.124. The van der Waals surface area contributed by atoms with Crippen molar-refractivity contribution in [2.45, 2.75) is 25.8 Å². The van der Waals surface area contributed by atoms with Crippen molar-refractivity contribution in [3.63, 3.8) is 0 Å². The molecule has 3 heterocycles. The lowest BCUT2D eigenvalue weighted by Gasteiger charge is -2.33. The van der Waals surface area contributed by atoms with Gasteiger partial charge in [0.25, 0.3) is 5.56 Å². The van der Waals surface area contributed by atoms with E-state index in [0.29, 0.717) is 13.0 Å². The highest BCUT2D eigenvalue weighted by Gasteiger charge is 2.18. The summed E-state index contributed by atoms with van der Waals surface area (Å²) in [4.78, 5) is 30.6. The molecule has 2 aliphatic heterocycles. The van der Waals surface area contributed by atoms with E-state index in [0.717, 1.165) is 57.8 Å². The summed E-state index contributed by atoms with van der Waals surface area (Å²) >= 11 is 0. The van der Waals surface area contributed by atoms with Crippen LogP contribution in [0, 0.1) is 0 Å². The summed E-state index contributed by atoms with van der Waals surface area (Å²) in [6, 6.07) is 1.64. The molecule has 0 atom stereocenters. The van der Waals surface area contributed by atoms with Crippen LogP contribution in [-0.4, -0.2) is 71.8 Å². The lowest BCUT2D eigenvalue weighted by Crippen LogP contribution is -2.45. The monoisotopic (exact) mass is 319 g/mol. The molecule has 0 aliphatic carbocycles. The zero-order valence-electron chi connectivity index (χ0n) is 13.8. The van der Waals surface area contributed by atoms with Crippen molar-refractivity contribution in [3.05, 3.63) is 22.6 Å². The molecule has 0 spiro atoms. The smallest absolute Gasteiger partial charge is 0.268 e. The number of carbonyl (C=O) groups is 1. The summed E-state index contributed by atoms with van der Waals surface area (Å²) in [7, 11) is 2.10. The molecule has 2 aliphatic rings. The molecule has 0 aromatic carbocycles. The molecule has 0 radical (unpaired) electrons. The van der Waals surface area contributed by atoms with Gasteiger partial charge in [0.15, 0.2) is 0 Å². The Morgan fingerprint density at radius 3 is 2.48 bits per heavy atom. The predicted octanol–water partition coefficient (Wildman–Crippen LogP) is 0.00760. The second-order valence-electron chi connectivity index (χ2n) is 6.40. The van der Waals surface area contributed by atoms with Crippen LogP contribution in [0.5, 0.6) is 0 Å². The fourth-order valence-corrected chi connectivity index (χ4v) is 3.16. The Hall–Kier alpha value is -1.89. The number of amides is 1. The van der Waals surface area contributed by atoms with Gasteiger partial charge in [0, 0.05) is 51.8 Å². The van der Waals surface area contributed by atoms with E-state index in [9.17, 15) is 9.59 Å².